The number of nitrogens with zero attached hydrogens (tertiary/aromatic N) is 4. The molecule has 1 aliphatic rings. The van der Waals surface area contributed by atoms with E-state index in [1.54, 1.807) is 18.5 Å². The molecule has 2 heterocycles. The van der Waals surface area contributed by atoms with E-state index in [0.717, 1.165) is 47.3 Å². The van der Waals surface area contributed by atoms with Crippen molar-refractivity contribution in [2.45, 2.75) is 64.1 Å². The molecule has 182 valence electrons. The van der Waals surface area contributed by atoms with E-state index < -0.39 is 11.7 Å². The lowest BCUT2D eigenvalue weighted by molar-refractivity contribution is 0.0453. The van der Waals surface area contributed by atoms with Gasteiger partial charge < -0.3 is 10.1 Å². The number of alkyl carbamates (subject to hydrolysis) is 1. The summed E-state index contributed by atoms with van der Waals surface area (Å²) < 4.78 is 7.43. The molecule has 35 heavy (non-hydrogen) atoms. The van der Waals surface area contributed by atoms with Gasteiger partial charge in [0.2, 0.25) is 0 Å². The zero-order valence-corrected chi connectivity index (χ0v) is 21.0. The van der Waals surface area contributed by atoms with Gasteiger partial charge in [-0.2, -0.15) is 10.4 Å². The van der Waals surface area contributed by atoms with Crippen LogP contribution in [0.5, 0.6) is 0 Å². The van der Waals surface area contributed by atoms with Crippen molar-refractivity contribution in [2.24, 2.45) is 5.92 Å². The first-order valence-corrected chi connectivity index (χ1v) is 12.4. The smallest absolute Gasteiger partial charge is 0.407 e. The third-order valence-corrected chi connectivity index (χ3v) is 6.46. The minimum atomic E-state index is -0.575. The number of hydrogen-bond donors (Lipinski definition) is 1. The standard InChI is InChI=1S/C27H30ClN5O2/c1-27(2,3)35-26(34)31-22(19-7-5-8-19)17-33-23(15-28)24(20-10-12-30-13-11-20)25(32-33)21-9-4-6-18(14-21)16-29/h4,6,9-14,19,22H,5,7-8,15,17H2,1-3H3,(H,31,34)/t22-/m0/s1. The Balaban J connectivity index is 1.75. The average molecular weight is 492 g/mol. The van der Waals surface area contributed by atoms with Crippen LogP contribution in [-0.2, 0) is 17.2 Å². The minimum Gasteiger partial charge on any atom is -0.444 e. The lowest BCUT2D eigenvalue weighted by atomic mass is 9.79. The maximum Gasteiger partial charge on any atom is 0.407 e. The molecule has 0 radical (unpaired) electrons. The van der Waals surface area contributed by atoms with E-state index in [-0.39, 0.29) is 11.9 Å². The van der Waals surface area contributed by atoms with Crippen LogP contribution in [-0.4, -0.2) is 32.5 Å². The summed E-state index contributed by atoms with van der Waals surface area (Å²) in [5, 5.41) is 17.5. The third-order valence-electron chi connectivity index (χ3n) is 6.21. The van der Waals surface area contributed by atoms with E-state index in [4.69, 9.17) is 21.4 Å². The number of pyridine rings is 1. The number of alkyl halides is 1. The molecule has 2 aromatic heterocycles. The average Bonchev–Trinajstić information content (AvgIpc) is 3.15. The maximum absolute atomic E-state index is 12.6. The number of rotatable bonds is 7. The van der Waals surface area contributed by atoms with E-state index in [0.29, 0.717) is 18.0 Å². The molecule has 1 amide bonds. The van der Waals surface area contributed by atoms with Crippen LogP contribution in [0.25, 0.3) is 22.4 Å². The maximum atomic E-state index is 12.6. The molecule has 1 N–H and O–H groups in total. The lowest BCUT2D eigenvalue weighted by Gasteiger charge is -2.35. The van der Waals surface area contributed by atoms with Crippen molar-refractivity contribution in [3.05, 3.63) is 60.0 Å². The second kappa shape index (κ2) is 10.5. The SMILES string of the molecule is CC(C)(C)OC(=O)N[C@@H](Cn1nc(-c2cccc(C#N)c2)c(-c2ccncc2)c1CCl)C1CCC1. The Kier molecular flexibility index (Phi) is 7.42. The summed E-state index contributed by atoms with van der Waals surface area (Å²) in [4.78, 5) is 16.8. The number of benzene rings is 1. The highest BCUT2D eigenvalue weighted by atomic mass is 35.5. The van der Waals surface area contributed by atoms with Crippen LogP contribution >= 0.6 is 11.6 Å². The summed E-state index contributed by atoms with van der Waals surface area (Å²) in [6.45, 7) is 6.04. The van der Waals surface area contributed by atoms with Gasteiger partial charge in [-0.25, -0.2) is 4.79 Å². The number of nitrogens with one attached hydrogen (secondary N) is 1. The Morgan fingerprint density at radius 3 is 2.60 bits per heavy atom. The van der Waals surface area contributed by atoms with E-state index in [1.165, 1.54) is 0 Å². The van der Waals surface area contributed by atoms with Crippen molar-refractivity contribution >= 4 is 17.7 Å². The van der Waals surface area contributed by atoms with Gasteiger partial charge in [0.25, 0.3) is 0 Å². The second-order valence-corrected chi connectivity index (χ2v) is 10.1. The number of carbonyl (C=O) groups is 1. The fourth-order valence-corrected chi connectivity index (χ4v) is 4.62. The third kappa shape index (κ3) is 5.83. The van der Waals surface area contributed by atoms with Crippen molar-refractivity contribution in [2.75, 3.05) is 0 Å². The molecule has 1 atom stereocenters. The first kappa shape index (κ1) is 24.7. The van der Waals surface area contributed by atoms with Crippen molar-refractivity contribution in [3.8, 4) is 28.5 Å². The van der Waals surface area contributed by atoms with E-state index in [9.17, 15) is 10.1 Å². The van der Waals surface area contributed by atoms with E-state index in [1.807, 2.05) is 55.8 Å². The van der Waals surface area contributed by atoms with Crippen LogP contribution in [0.3, 0.4) is 0 Å². The topological polar surface area (TPSA) is 92.8 Å². The van der Waals surface area contributed by atoms with Gasteiger partial charge in [0.05, 0.1) is 35.8 Å². The first-order chi connectivity index (χ1) is 16.8. The summed E-state index contributed by atoms with van der Waals surface area (Å²) in [5.41, 5.74) is 4.26. The molecule has 1 fully saturated rings. The molecule has 4 rings (SSSR count). The Morgan fingerprint density at radius 2 is 2.00 bits per heavy atom. The Labute approximate surface area is 211 Å². The van der Waals surface area contributed by atoms with Crippen molar-refractivity contribution < 1.29 is 9.53 Å². The number of aromatic nitrogens is 3. The number of ether oxygens (including phenoxy) is 1. The molecule has 7 nitrogen and oxygen atoms in total. The van der Waals surface area contributed by atoms with Crippen LogP contribution in [0.1, 0.15) is 51.3 Å². The normalized spacial score (nSPS) is 14.6. The predicted molar refractivity (Wildman–Crippen MR) is 136 cm³/mol. The van der Waals surface area contributed by atoms with Crippen molar-refractivity contribution in [3.63, 3.8) is 0 Å². The molecule has 1 aliphatic carbocycles. The number of carbonyl (C=O) groups excluding carboxylic acids is 1. The molecule has 0 bridgehead atoms. The van der Waals surface area contributed by atoms with Crippen LogP contribution in [0.2, 0.25) is 0 Å². The van der Waals surface area contributed by atoms with Gasteiger partial charge in [0, 0.05) is 23.5 Å². The molecule has 0 spiro atoms. The molecule has 1 saturated carbocycles. The number of hydrogen-bond acceptors (Lipinski definition) is 5. The predicted octanol–water partition coefficient (Wildman–Crippen LogP) is 5.92. The number of nitriles is 1. The largest absolute Gasteiger partial charge is 0.444 e. The number of halogens is 1. The molecular formula is C27H30ClN5O2. The summed E-state index contributed by atoms with van der Waals surface area (Å²) in [5.74, 6) is 0.594. The summed E-state index contributed by atoms with van der Waals surface area (Å²) >= 11 is 6.51. The van der Waals surface area contributed by atoms with Gasteiger partial charge in [-0.3, -0.25) is 9.67 Å². The van der Waals surface area contributed by atoms with Crippen molar-refractivity contribution in [1.29, 1.82) is 5.26 Å². The summed E-state index contributed by atoms with van der Waals surface area (Å²) in [7, 11) is 0. The Bertz CT molecular complexity index is 1220. The first-order valence-electron chi connectivity index (χ1n) is 11.8. The lowest BCUT2D eigenvalue weighted by Crippen LogP contribution is -2.47. The second-order valence-electron chi connectivity index (χ2n) is 9.86. The van der Waals surface area contributed by atoms with Gasteiger partial charge in [-0.05, 0) is 69.4 Å². The van der Waals surface area contributed by atoms with Gasteiger partial charge >= 0.3 is 6.09 Å². The molecule has 3 aromatic rings. The van der Waals surface area contributed by atoms with Crippen LogP contribution in [0.4, 0.5) is 4.79 Å². The molecule has 0 unspecified atom stereocenters. The number of amides is 1. The van der Waals surface area contributed by atoms with Gasteiger partial charge in [0.15, 0.2) is 0 Å². The highest BCUT2D eigenvalue weighted by Gasteiger charge is 2.32. The Hall–Kier alpha value is -3.37. The zero-order chi connectivity index (χ0) is 25.0. The Morgan fingerprint density at radius 1 is 1.26 bits per heavy atom. The highest BCUT2D eigenvalue weighted by Crippen LogP contribution is 2.37. The van der Waals surface area contributed by atoms with E-state index >= 15 is 0 Å². The summed E-state index contributed by atoms with van der Waals surface area (Å²) in [6, 6.07) is 13.3. The zero-order valence-electron chi connectivity index (χ0n) is 20.3. The van der Waals surface area contributed by atoms with Crippen LogP contribution in [0.15, 0.2) is 48.8 Å². The monoisotopic (exact) mass is 491 g/mol. The molecule has 8 heteroatoms. The van der Waals surface area contributed by atoms with Crippen molar-refractivity contribution in [1.82, 2.24) is 20.1 Å². The van der Waals surface area contributed by atoms with Gasteiger partial charge in [-0.1, -0.05) is 18.6 Å². The van der Waals surface area contributed by atoms with Crippen LogP contribution < -0.4 is 5.32 Å². The fraction of sp³-hybridized carbons (Fsp3) is 0.407. The minimum absolute atomic E-state index is 0.135. The van der Waals surface area contributed by atoms with Gasteiger partial charge in [0.1, 0.15) is 11.3 Å². The molecule has 1 aromatic carbocycles. The fourth-order valence-electron chi connectivity index (χ4n) is 4.34. The molecule has 0 aliphatic heterocycles. The highest BCUT2D eigenvalue weighted by molar-refractivity contribution is 6.17. The summed E-state index contributed by atoms with van der Waals surface area (Å²) in [6.07, 6.45) is 6.29. The van der Waals surface area contributed by atoms with Crippen LogP contribution in [0, 0.1) is 17.2 Å². The molecular weight excluding hydrogens is 462 g/mol. The van der Waals surface area contributed by atoms with E-state index in [2.05, 4.69) is 16.4 Å². The quantitative estimate of drug-likeness (QED) is 0.414. The van der Waals surface area contributed by atoms with Gasteiger partial charge in [-0.15, -0.1) is 11.6 Å². The molecule has 0 saturated heterocycles.